The van der Waals surface area contributed by atoms with Crippen molar-refractivity contribution in [1.29, 1.82) is 0 Å². The van der Waals surface area contributed by atoms with Crippen molar-refractivity contribution < 1.29 is 28.2 Å². The fourth-order valence-electron chi connectivity index (χ4n) is 6.24. The van der Waals surface area contributed by atoms with Crippen LogP contribution in [0.2, 0.25) is 0 Å². The molecule has 16 heteroatoms. The van der Waals surface area contributed by atoms with Crippen LogP contribution in [0.15, 0.2) is 65.7 Å². The highest BCUT2D eigenvalue weighted by molar-refractivity contribution is 7.44. The molecule has 5 rings (SSSR count). The van der Waals surface area contributed by atoms with E-state index in [1.54, 1.807) is 47.0 Å². The van der Waals surface area contributed by atoms with Gasteiger partial charge < -0.3 is 18.5 Å². The number of nitro groups is 1. The molecule has 2 N–H and O–H groups in total. The molecule has 2 aromatic carbocycles. The first-order chi connectivity index (χ1) is 24.7. The number of aromatic nitrogens is 4. The molecular weight excluding hydrogens is 689 g/mol. The van der Waals surface area contributed by atoms with Crippen molar-refractivity contribution >= 4 is 37.2 Å². The summed E-state index contributed by atoms with van der Waals surface area (Å²) in [6.45, 7) is 16.0. The molecule has 3 heterocycles. The molecule has 52 heavy (non-hydrogen) atoms. The van der Waals surface area contributed by atoms with E-state index in [-0.39, 0.29) is 52.5 Å². The molecule has 280 valence electrons. The van der Waals surface area contributed by atoms with Gasteiger partial charge in [0.05, 0.1) is 29.0 Å². The standard InChI is InChI=1S/C36H48N7O8P/c1-9-27-28(50-52(42(22(2)3)23(4)5)51-32(36(6,7)8)25-17-13-14-18-26(25)43(46)47)19-30(49-27)41-21-37-31-33(41)39-35(40-34(31)45)38-29(44)20-48-24-15-11-10-12-16-24/h10-18,21-23,27-28,30,32H,9,19-20H2,1-8H3,(H2,38,39,40,44,45)/t27-,28?,30-,32?,52?/m1/s1. The van der Waals surface area contributed by atoms with E-state index >= 15 is 0 Å². The number of hydrogen-bond acceptors (Lipinski definition) is 11. The summed E-state index contributed by atoms with van der Waals surface area (Å²) in [6.07, 6.45) is 0.422. The van der Waals surface area contributed by atoms with Crippen LogP contribution in [0.5, 0.6) is 5.75 Å². The number of amides is 1. The molecule has 0 bridgehead atoms. The Morgan fingerprint density at radius 1 is 1.13 bits per heavy atom. The molecule has 0 saturated carbocycles. The first-order valence-electron chi connectivity index (χ1n) is 17.4. The van der Waals surface area contributed by atoms with E-state index in [1.165, 1.54) is 12.4 Å². The van der Waals surface area contributed by atoms with Gasteiger partial charge in [-0.25, -0.2) is 9.65 Å². The minimum absolute atomic E-state index is 0.0116. The van der Waals surface area contributed by atoms with E-state index in [9.17, 15) is 19.7 Å². The summed E-state index contributed by atoms with van der Waals surface area (Å²) in [5.74, 6) is -0.0254. The smallest absolute Gasteiger partial charge is 0.280 e. The molecule has 1 amide bonds. The zero-order chi connectivity index (χ0) is 37.7. The van der Waals surface area contributed by atoms with E-state index in [1.807, 2.05) is 33.8 Å². The van der Waals surface area contributed by atoms with Crippen molar-refractivity contribution in [3.05, 3.63) is 87.0 Å². The molecule has 15 nitrogen and oxygen atoms in total. The van der Waals surface area contributed by atoms with Crippen molar-refractivity contribution in [2.45, 2.75) is 105 Å². The summed E-state index contributed by atoms with van der Waals surface area (Å²) < 4.78 is 29.7. The van der Waals surface area contributed by atoms with Gasteiger partial charge in [-0.1, -0.05) is 58.0 Å². The maximum atomic E-state index is 13.0. The Bertz CT molecular complexity index is 1890. The quantitative estimate of drug-likeness (QED) is 0.0712. The lowest BCUT2D eigenvalue weighted by molar-refractivity contribution is -0.386. The minimum atomic E-state index is -1.78. The van der Waals surface area contributed by atoms with Crippen molar-refractivity contribution in [2.75, 3.05) is 11.9 Å². The number of nitro benzene ring substituents is 1. The van der Waals surface area contributed by atoms with Crippen LogP contribution in [0.25, 0.3) is 11.2 Å². The normalized spacial score (nSPS) is 19.0. The molecule has 5 atom stereocenters. The van der Waals surface area contributed by atoms with Gasteiger partial charge in [0.1, 0.15) is 18.1 Å². The van der Waals surface area contributed by atoms with Gasteiger partial charge in [0.25, 0.3) is 25.7 Å². The van der Waals surface area contributed by atoms with Crippen LogP contribution in [-0.2, 0) is 18.6 Å². The molecule has 0 spiro atoms. The zero-order valence-corrected chi connectivity index (χ0v) is 31.7. The number of benzene rings is 2. The van der Waals surface area contributed by atoms with Crippen LogP contribution in [0.4, 0.5) is 11.6 Å². The number of nitrogens with zero attached hydrogens (tertiary/aromatic N) is 5. The van der Waals surface area contributed by atoms with Crippen molar-refractivity contribution in [3.8, 4) is 5.75 Å². The third-order valence-electron chi connectivity index (χ3n) is 8.57. The topological polar surface area (TPSA) is 176 Å². The number of rotatable bonds is 15. The van der Waals surface area contributed by atoms with Gasteiger partial charge in [-0.15, -0.1) is 0 Å². The summed E-state index contributed by atoms with van der Waals surface area (Å²) in [5.41, 5.74) is -0.255. The number of carbonyl (C=O) groups is 1. The Kier molecular flexibility index (Phi) is 12.4. The van der Waals surface area contributed by atoms with Crippen LogP contribution in [0.3, 0.4) is 0 Å². The molecule has 3 unspecified atom stereocenters. The third-order valence-corrected chi connectivity index (χ3v) is 10.7. The van der Waals surface area contributed by atoms with Crippen LogP contribution in [-0.4, -0.2) is 65.9 Å². The average molecular weight is 738 g/mol. The number of para-hydroxylation sites is 2. The molecule has 1 aliphatic rings. The van der Waals surface area contributed by atoms with Crippen LogP contribution < -0.4 is 15.6 Å². The fraction of sp³-hybridized carbons (Fsp3) is 0.500. The van der Waals surface area contributed by atoms with Gasteiger partial charge in [0, 0.05) is 24.6 Å². The highest BCUT2D eigenvalue weighted by Gasteiger charge is 2.44. The second-order valence-corrected chi connectivity index (χ2v) is 15.6. The molecule has 4 aromatic rings. The second-order valence-electron chi connectivity index (χ2n) is 14.3. The predicted octanol–water partition coefficient (Wildman–Crippen LogP) is 7.28. The van der Waals surface area contributed by atoms with Crippen molar-refractivity contribution in [1.82, 2.24) is 24.2 Å². The lowest BCUT2D eigenvalue weighted by atomic mass is 9.84. The number of hydrogen-bond donors (Lipinski definition) is 2. The zero-order valence-electron chi connectivity index (χ0n) is 30.8. The Morgan fingerprint density at radius 2 is 1.81 bits per heavy atom. The Labute approximate surface area is 304 Å². The number of H-pyrrole nitrogens is 1. The molecule has 1 fully saturated rings. The van der Waals surface area contributed by atoms with Gasteiger partial charge in [-0.2, -0.15) is 4.98 Å². The van der Waals surface area contributed by atoms with Crippen LogP contribution >= 0.6 is 8.53 Å². The highest BCUT2D eigenvalue weighted by atomic mass is 31.2. The number of carbonyl (C=O) groups excluding carboxylic acids is 1. The van der Waals surface area contributed by atoms with E-state index in [2.05, 4.69) is 52.6 Å². The average Bonchev–Trinajstić information content (AvgIpc) is 3.70. The molecule has 1 saturated heterocycles. The summed E-state index contributed by atoms with van der Waals surface area (Å²) in [4.78, 5) is 48.8. The van der Waals surface area contributed by atoms with Crippen molar-refractivity contribution in [3.63, 3.8) is 0 Å². The van der Waals surface area contributed by atoms with Crippen LogP contribution in [0, 0.1) is 15.5 Å². The highest BCUT2D eigenvalue weighted by Crippen LogP contribution is 2.56. The molecule has 0 aliphatic carbocycles. The Hall–Kier alpha value is -4.27. The summed E-state index contributed by atoms with van der Waals surface area (Å²) in [7, 11) is -1.78. The Balaban J connectivity index is 1.41. The predicted molar refractivity (Wildman–Crippen MR) is 198 cm³/mol. The summed E-state index contributed by atoms with van der Waals surface area (Å²) >= 11 is 0. The van der Waals surface area contributed by atoms with Gasteiger partial charge in [0.2, 0.25) is 5.95 Å². The van der Waals surface area contributed by atoms with Crippen LogP contribution in [0.1, 0.15) is 86.1 Å². The fourth-order valence-corrected chi connectivity index (χ4v) is 8.33. The number of ether oxygens (including phenoxy) is 2. The number of anilines is 1. The SMILES string of the molecule is CC[C@H]1O[C@@H](n2cnc3c(=O)[nH]c(NC(=O)COc4ccccc4)nc32)CC1OP(OC(c1ccccc1[N+](=O)[O-])C(C)(C)C)N(C(C)C)C(C)C. The van der Waals surface area contributed by atoms with Crippen molar-refractivity contribution in [2.24, 2.45) is 5.41 Å². The molecule has 2 aromatic heterocycles. The molecule has 0 radical (unpaired) electrons. The van der Waals surface area contributed by atoms with Gasteiger partial charge in [-0.05, 0) is 57.7 Å². The number of imidazole rings is 1. The maximum Gasteiger partial charge on any atom is 0.280 e. The largest absolute Gasteiger partial charge is 0.484 e. The van der Waals surface area contributed by atoms with Gasteiger partial charge in [-0.3, -0.25) is 34.6 Å². The molecule has 1 aliphatic heterocycles. The second kappa shape index (κ2) is 16.6. The van der Waals surface area contributed by atoms with Gasteiger partial charge >= 0.3 is 0 Å². The Morgan fingerprint density at radius 3 is 2.44 bits per heavy atom. The van der Waals surface area contributed by atoms with E-state index < -0.39 is 43.8 Å². The number of aromatic amines is 1. The number of nitrogens with one attached hydrogen (secondary N) is 2. The van der Waals surface area contributed by atoms with E-state index in [0.29, 0.717) is 24.2 Å². The lowest BCUT2D eigenvalue weighted by Crippen LogP contribution is -2.37. The minimum Gasteiger partial charge on any atom is -0.484 e. The summed E-state index contributed by atoms with van der Waals surface area (Å²) in [6, 6.07) is 15.6. The summed E-state index contributed by atoms with van der Waals surface area (Å²) in [5, 5.41) is 14.7. The van der Waals surface area contributed by atoms with E-state index in [4.69, 9.17) is 18.5 Å². The lowest BCUT2D eigenvalue weighted by Gasteiger charge is -2.41. The maximum absolute atomic E-state index is 13.0. The molecular formula is C36H48N7O8P. The first-order valence-corrected chi connectivity index (χ1v) is 18.6. The monoisotopic (exact) mass is 737 g/mol. The van der Waals surface area contributed by atoms with Gasteiger partial charge in [0.15, 0.2) is 17.8 Å². The van der Waals surface area contributed by atoms with E-state index in [0.717, 1.165) is 0 Å². The number of fused-ring (bicyclic) bond motifs is 1. The third kappa shape index (κ3) is 9.02. The first kappa shape index (κ1) is 38.9.